The SMILES string of the molecule is C=C1CC2(C)CCCC3(C(=O)OCc4ccccc4)CC(=O)O[C@@]23C1. The number of esters is 2. The topological polar surface area (TPSA) is 52.6 Å². The van der Waals surface area contributed by atoms with E-state index < -0.39 is 11.0 Å². The van der Waals surface area contributed by atoms with Crippen molar-refractivity contribution in [2.24, 2.45) is 10.8 Å². The molecule has 1 aromatic rings. The maximum absolute atomic E-state index is 13.2. The van der Waals surface area contributed by atoms with Crippen molar-refractivity contribution in [3.8, 4) is 0 Å². The van der Waals surface area contributed by atoms with E-state index in [2.05, 4.69) is 13.5 Å². The lowest BCUT2D eigenvalue weighted by Crippen LogP contribution is -2.60. The first-order valence-electron chi connectivity index (χ1n) is 9.01. The Morgan fingerprint density at radius 2 is 1.96 bits per heavy atom. The van der Waals surface area contributed by atoms with Gasteiger partial charge in [-0.15, -0.1) is 0 Å². The van der Waals surface area contributed by atoms with E-state index in [4.69, 9.17) is 9.47 Å². The fourth-order valence-corrected chi connectivity index (χ4v) is 5.51. The van der Waals surface area contributed by atoms with E-state index in [0.717, 1.165) is 30.4 Å². The number of rotatable bonds is 3. The van der Waals surface area contributed by atoms with E-state index in [9.17, 15) is 9.59 Å². The van der Waals surface area contributed by atoms with Crippen molar-refractivity contribution in [1.29, 1.82) is 0 Å². The molecule has 4 heteroatoms. The van der Waals surface area contributed by atoms with Crippen molar-refractivity contribution in [3.63, 3.8) is 0 Å². The third kappa shape index (κ3) is 2.19. The summed E-state index contributed by atoms with van der Waals surface area (Å²) in [6.45, 7) is 6.51. The molecular formula is C21H24O4. The van der Waals surface area contributed by atoms with Crippen LogP contribution in [0.2, 0.25) is 0 Å². The molecule has 3 aliphatic rings. The molecular weight excluding hydrogens is 316 g/mol. The Morgan fingerprint density at radius 1 is 1.20 bits per heavy atom. The molecule has 25 heavy (non-hydrogen) atoms. The number of hydrogen-bond donors (Lipinski definition) is 0. The van der Waals surface area contributed by atoms with Crippen LogP contribution in [0.5, 0.6) is 0 Å². The molecule has 0 amide bonds. The minimum absolute atomic E-state index is 0.128. The Balaban J connectivity index is 1.67. The van der Waals surface area contributed by atoms with Gasteiger partial charge >= 0.3 is 11.9 Å². The average molecular weight is 340 g/mol. The highest BCUT2D eigenvalue weighted by molar-refractivity contribution is 5.89. The molecule has 1 heterocycles. The zero-order valence-electron chi connectivity index (χ0n) is 14.7. The molecule has 0 N–H and O–H groups in total. The molecule has 0 radical (unpaired) electrons. The van der Waals surface area contributed by atoms with Crippen LogP contribution >= 0.6 is 0 Å². The number of carbonyl (C=O) groups is 2. The van der Waals surface area contributed by atoms with E-state index in [-0.39, 0.29) is 30.4 Å². The maximum Gasteiger partial charge on any atom is 0.317 e. The van der Waals surface area contributed by atoms with Gasteiger partial charge < -0.3 is 9.47 Å². The van der Waals surface area contributed by atoms with E-state index in [1.165, 1.54) is 0 Å². The second-order valence-electron chi connectivity index (χ2n) is 8.14. The highest BCUT2D eigenvalue weighted by Gasteiger charge is 2.75. The number of benzene rings is 1. The molecule has 1 aliphatic heterocycles. The van der Waals surface area contributed by atoms with E-state index in [0.29, 0.717) is 12.8 Å². The summed E-state index contributed by atoms with van der Waals surface area (Å²) in [4.78, 5) is 25.5. The summed E-state index contributed by atoms with van der Waals surface area (Å²) in [7, 11) is 0. The van der Waals surface area contributed by atoms with Gasteiger partial charge in [-0.25, -0.2) is 0 Å². The summed E-state index contributed by atoms with van der Waals surface area (Å²) in [6.07, 6.45) is 4.03. The summed E-state index contributed by atoms with van der Waals surface area (Å²) < 4.78 is 11.6. The van der Waals surface area contributed by atoms with Gasteiger partial charge in [0.05, 0.1) is 6.42 Å². The van der Waals surface area contributed by atoms with Gasteiger partial charge in [-0.1, -0.05) is 55.8 Å². The van der Waals surface area contributed by atoms with Crippen molar-refractivity contribution in [2.75, 3.05) is 0 Å². The molecule has 132 valence electrons. The monoisotopic (exact) mass is 340 g/mol. The Morgan fingerprint density at radius 3 is 2.72 bits per heavy atom. The second-order valence-corrected chi connectivity index (χ2v) is 8.14. The highest BCUT2D eigenvalue weighted by Crippen LogP contribution is 2.69. The number of hydrogen-bond acceptors (Lipinski definition) is 4. The largest absolute Gasteiger partial charge is 0.460 e. The van der Waals surface area contributed by atoms with Gasteiger partial charge in [0, 0.05) is 11.8 Å². The quantitative estimate of drug-likeness (QED) is 0.618. The van der Waals surface area contributed by atoms with E-state index in [1.54, 1.807) is 0 Å². The molecule has 3 atom stereocenters. The Labute approximate surface area is 148 Å². The lowest BCUT2D eigenvalue weighted by Gasteiger charge is -2.52. The smallest absolute Gasteiger partial charge is 0.317 e. The number of ether oxygens (including phenoxy) is 2. The predicted molar refractivity (Wildman–Crippen MR) is 92.4 cm³/mol. The van der Waals surface area contributed by atoms with Gasteiger partial charge in [-0.2, -0.15) is 0 Å². The van der Waals surface area contributed by atoms with E-state index >= 15 is 0 Å². The van der Waals surface area contributed by atoms with Crippen LogP contribution in [0.3, 0.4) is 0 Å². The summed E-state index contributed by atoms with van der Waals surface area (Å²) in [5.74, 6) is -0.567. The van der Waals surface area contributed by atoms with Crippen LogP contribution in [0.25, 0.3) is 0 Å². The molecule has 4 rings (SSSR count). The first kappa shape index (κ1) is 16.4. The van der Waals surface area contributed by atoms with Crippen LogP contribution in [0.1, 0.15) is 51.0 Å². The van der Waals surface area contributed by atoms with Crippen LogP contribution < -0.4 is 0 Å². The third-order valence-electron chi connectivity index (χ3n) is 6.56. The lowest BCUT2D eigenvalue weighted by atomic mass is 9.53. The average Bonchev–Trinajstić information content (AvgIpc) is 3.01. The van der Waals surface area contributed by atoms with Crippen molar-refractivity contribution in [3.05, 3.63) is 48.0 Å². The summed E-state index contributed by atoms with van der Waals surface area (Å²) in [5.41, 5.74) is 0.145. The van der Waals surface area contributed by atoms with Crippen LogP contribution in [-0.2, 0) is 25.7 Å². The summed E-state index contributed by atoms with van der Waals surface area (Å²) in [5, 5.41) is 0. The first-order chi connectivity index (χ1) is 11.9. The lowest BCUT2D eigenvalue weighted by molar-refractivity contribution is -0.197. The predicted octanol–water partition coefficient (Wildman–Crippen LogP) is 3.94. The molecule has 2 aliphatic carbocycles. The molecule has 1 aromatic carbocycles. The van der Waals surface area contributed by atoms with Gasteiger partial charge in [-0.3, -0.25) is 9.59 Å². The maximum atomic E-state index is 13.2. The second kappa shape index (κ2) is 5.45. The minimum Gasteiger partial charge on any atom is -0.460 e. The van der Waals surface area contributed by atoms with Gasteiger partial charge in [0.25, 0.3) is 0 Å². The Bertz CT molecular complexity index is 736. The fraction of sp³-hybridized carbons (Fsp3) is 0.524. The highest BCUT2D eigenvalue weighted by atomic mass is 16.6. The standard InChI is InChI=1S/C21H24O4/c1-15-11-19(2)9-6-10-20(13-17(22)25-21(19,20)12-15)18(23)24-14-16-7-4-3-5-8-16/h3-5,7-8H,1,6,9-14H2,2H3/t19?,20?,21-/m0/s1. The van der Waals surface area contributed by atoms with Crippen LogP contribution in [-0.4, -0.2) is 17.5 Å². The number of carbonyl (C=O) groups excluding carboxylic acids is 2. The minimum atomic E-state index is -0.870. The van der Waals surface area contributed by atoms with Crippen molar-refractivity contribution < 1.29 is 19.1 Å². The van der Waals surface area contributed by atoms with Gasteiger partial charge in [0.2, 0.25) is 0 Å². The molecule has 2 saturated carbocycles. The van der Waals surface area contributed by atoms with Gasteiger partial charge in [-0.05, 0) is 24.8 Å². The molecule has 1 saturated heterocycles. The summed E-state index contributed by atoms with van der Waals surface area (Å²) >= 11 is 0. The van der Waals surface area contributed by atoms with Crippen LogP contribution in [0.15, 0.2) is 42.5 Å². The Hall–Kier alpha value is -2.10. The van der Waals surface area contributed by atoms with Crippen molar-refractivity contribution >= 4 is 11.9 Å². The molecule has 2 unspecified atom stereocenters. The molecule has 4 nitrogen and oxygen atoms in total. The normalized spacial score (nSPS) is 36.5. The van der Waals surface area contributed by atoms with Crippen LogP contribution in [0, 0.1) is 10.8 Å². The molecule has 3 fully saturated rings. The zero-order valence-corrected chi connectivity index (χ0v) is 14.7. The van der Waals surface area contributed by atoms with Gasteiger partial charge in [0.1, 0.15) is 17.6 Å². The van der Waals surface area contributed by atoms with Gasteiger partial charge in [0.15, 0.2) is 0 Å². The Kier molecular flexibility index (Phi) is 3.57. The van der Waals surface area contributed by atoms with Crippen molar-refractivity contribution in [2.45, 2.75) is 57.7 Å². The summed E-state index contributed by atoms with van der Waals surface area (Å²) in [6, 6.07) is 9.63. The van der Waals surface area contributed by atoms with E-state index in [1.807, 2.05) is 30.3 Å². The first-order valence-corrected chi connectivity index (χ1v) is 9.01. The zero-order chi connectivity index (χ0) is 17.7. The molecule has 0 aromatic heterocycles. The molecule has 0 bridgehead atoms. The third-order valence-corrected chi connectivity index (χ3v) is 6.56. The van der Waals surface area contributed by atoms with Crippen LogP contribution in [0.4, 0.5) is 0 Å². The fourth-order valence-electron chi connectivity index (χ4n) is 5.51. The molecule has 1 spiro atoms. The van der Waals surface area contributed by atoms with Crippen molar-refractivity contribution in [1.82, 2.24) is 0 Å².